The first kappa shape index (κ1) is 17.1. The lowest BCUT2D eigenvalue weighted by atomic mass is 10.2. The lowest BCUT2D eigenvalue weighted by molar-refractivity contribution is -0.127. The summed E-state index contributed by atoms with van der Waals surface area (Å²) >= 11 is 4.95. The summed E-state index contributed by atoms with van der Waals surface area (Å²) in [6, 6.07) is 10.0. The summed E-state index contributed by atoms with van der Waals surface area (Å²) in [6.45, 7) is 3.21. The van der Waals surface area contributed by atoms with Crippen LogP contribution in [0.4, 0.5) is 0 Å². The summed E-state index contributed by atoms with van der Waals surface area (Å²) < 4.78 is 1.75. The van der Waals surface area contributed by atoms with Crippen LogP contribution in [0.2, 0.25) is 0 Å². The van der Waals surface area contributed by atoms with Crippen LogP contribution in [0.25, 0.3) is 6.08 Å². The maximum Gasteiger partial charge on any atom is 0.246 e. The van der Waals surface area contributed by atoms with E-state index in [1.54, 1.807) is 15.7 Å². The van der Waals surface area contributed by atoms with Gasteiger partial charge in [0.1, 0.15) is 5.69 Å². The van der Waals surface area contributed by atoms with E-state index in [1.165, 1.54) is 6.08 Å². The fourth-order valence-corrected chi connectivity index (χ4v) is 2.83. The summed E-state index contributed by atoms with van der Waals surface area (Å²) in [6.07, 6.45) is 5.05. The maximum atomic E-state index is 12.2. The topological polar surface area (TPSA) is 80.3 Å². The molecule has 3 rings (SSSR count). The molecule has 2 aromatic rings. The molecule has 0 spiro atoms. The smallest absolute Gasteiger partial charge is 0.246 e. The van der Waals surface area contributed by atoms with Gasteiger partial charge in [0.25, 0.3) is 0 Å². The largest absolute Gasteiger partial charge is 0.376 e. The van der Waals surface area contributed by atoms with E-state index in [9.17, 15) is 4.79 Å². The van der Waals surface area contributed by atoms with Crippen molar-refractivity contribution < 1.29 is 4.79 Å². The van der Waals surface area contributed by atoms with Crippen molar-refractivity contribution in [3.63, 3.8) is 0 Å². The zero-order valence-electron chi connectivity index (χ0n) is 13.8. The van der Waals surface area contributed by atoms with E-state index in [0.29, 0.717) is 43.5 Å². The predicted molar refractivity (Wildman–Crippen MR) is 99.5 cm³/mol. The van der Waals surface area contributed by atoms with Gasteiger partial charge in [0.05, 0.1) is 12.7 Å². The van der Waals surface area contributed by atoms with Crippen molar-refractivity contribution in [1.82, 2.24) is 24.8 Å². The highest BCUT2D eigenvalue weighted by molar-refractivity contribution is 7.80. The van der Waals surface area contributed by atoms with Crippen molar-refractivity contribution in [1.29, 1.82) is 0 Å². The van der Waals surface area contributed by atoms with Gasteiger partial charge < -0.3 is 15.5 Å². The fraction of sp³-hybridized carbons (Fsp3) is 0.294. The molecule has 0 saturated carbocycles. The summed E-state index contributed by atoms with van der Waals surface area (Å²) in [4.78, 5) is 15.9. The van der Waals surface area contributed by atoms with Gasteiger partial charge in [0, 0.05) is 32.3 Å². The van der Waals surface area contributed by atoms with E-state index in [-0.39, 0.29) is 5.91 Å². The quantitative estimate of drug-likeness (QED) is 0.643. The van der Waals surface area contributed by atoms with Crippen LogP contribution in [0.15, 0.2) is 42.6 Å². The van der Waals surface area contributed by atoms with Gasteiger partial charge in [-0.05, 0) is 23.9 Å². The van der Waals surface area contributed by atoms with Crippen LogP contribution in [0.1, 0.15) is 11.3 Å². The molecule has 7 nitrogen and oxygen atoms in total. The van der Waals surface area contributed by atoms with E-state index in [0.717, 1.165) is 5.56 Å². The van der Waals surface area contributed by atoms with Gasteiger partial charge in [-0.15, -0.1) is 5.10 Å². The molecular formula is C17H20N6OS. The second kappa shape index (κ2) is 7.89. The van der Waals surface area contributed by atoms with E-state index < -0.39 is 0 Å². The molecule has 1 fully saturated rings. The lowest BCUT2D eigenvalue weighted by Gasteiger charge is -2.34. The Kier molecular flexibility index (Phi) is 5.39. The third kappa shape index (κ3) is 4.63. The minimum atomic E-state index is -0.0415. The summed E-state index contributed by atoms with van der Waals surface area (Å²) in [7, 11) is 0. The van der Waals surface area contributed by atoms with Gasteiger partial charge in [-0.3, -0.25) is 4.79 Å². The van der Waals surface area contributed by atoms with Crippen molar-refractivity contribution in [3.8, 4) is 0 Å². The Morgan fingerprint density at radius 3 is 2.52 bits per heavy atom. The Hall–Kier alpha value is -2.74. The molecule has 0 radical (unpaired) electrons. The summed E-state index contributed by atoms with van der Waals surface area (Å²) in [5.41, 5.74) is 7.41. The number of carbonyl (C=O) groups excluding carboxylic acids is 1. The number of amides is 1. The third-order valence-corrected chi connectivity index (χ3v) is 4.30. The number of piperazine rings is 1. The molecule has 2 heterocycles. The number of thiocarbonyl (C=S) groups is 1. The number of hydrogen-bond acceptors (Lipinski definition) is 4. The van der Waals surface area contributed by atoms with E-state index in [1.807, 2.05) is 41.4 Å². The van der Waals surface area contributed by atoms with Crippen LogP contribution in [-0.4, -0.2) is 62.0 Å². The highest BCUT2D eigenvalue weighted by atomic mass is 32.1. The monoisotopic (exact) mass is 356 g/mol. The molecule has 1 amide bonds. The molecule has 1 saturated heterocycles. The highest BCUT2D eigenvalue weighted by Gasteiger charge is 2.19. The molecule has 0 aliphatic carbocycles. The molecule has 8 heteroatoms. The molecule has 0 unspecified atom stereocenters. The molecule has 1 aromatic heterocycles. The maximum absolute atomic E-state index is 12.2. The summed E-state index contributed by atoms with van der Waals surface area (Å²) in [5, 5.41) is 8.55. The first-order chi connectivity index (χ1) is 12.1. The average Bonchev–Trinajstić information content (AvgIpc) is 3.08. The van der Waals surface area contributed by atoms with Crippen LogP contribution >= 0.6 is 12.2 Å². The van der Waals surface area contributed by atoms with Crippen molar-refractivity contribution in [2.75, 3.05) is 26.2 Å². The number of aromatic nitrogens is 3. The molecule has 1 aliphatic heterocycles. The van der Waals surface area contributed by atoms with Crippen LogP contribution < -0.4 is 5.73 Å². The third-order valence-electron chi connectivity index (χ3n) is 4.04. The zero-order valence-corrected chi connectivity index (χ0v) is 14.6. The second-order valence-corrected chi connectivity index (χ2v) is 6.23. The van der Waals surface area contributed by atoms with Crippen molar-refractivity contribution in [2.45, 2.75) is 6.54 Å². The number of nitrogens with two attached hydrogens (primary N) is 1. The van der Waals surface area contributed by atoms with Crippen molar-refractivity contribution in [3.05, 3.63) is 53.9 Å². The van der Waals surface area contributed by atoms with Crippen molar-refractivity contribution >= 4 is 29.3 Å². The van der Waals surface area contributed by atoms with Crippen LogP contribution in [-0.2, 0) is 11.3 Å². The molecule has 25 heavy (non-hydrogen) atoms. The Morgan fingerprint density at radius 1 is 1.16 bits per heavy atom. The molecule has 0 atom stereocenters. The van der Waals surface area contributed by atoms with Gasteiger partial charge >= 0.3 is 0 Å². The molecule has 130 valence electrons. The first-order valence-electron chi connectivity index (χ1n) is 8.07. The van der Waals surface area contributed by atoms with Gasteiger partial charge in [-0.1, -0.05) is 35.5 Å². The number of rotatable bonds is 4. The average molecular weight is 356 g/mol. The fourth-order valence-electron chi connectivity index (χ4n) is 2.65. The number of nitrogens with zero attached hydrogens (tertiary/aromatic N) is 5. The van der Waals surface area contributed by atoms with Gasteiger partial charge in [-0.2, -0.15) is 0 Å². The molecule has 2 N–H and O–H groups in total. The highest BCUT2D eigenvalue weighted by Crippen LogP contribution is 2.06. The van der Waals surface area contributed by atoms with Crippen LogP contribution in [0.5, 0.6) is 0 Å². The molecule has 1 aliphatic rings. The van der Waals surface area contributed by atoms with Crippen LogP contribution in [0.3, 0.4) is 0 Å². The van der Waals surface area contributed by atoms with Gasteiger partial charge in [0.2, 0.25) is 5.91 Å². The molecule has 1 aromatic carbocycles. The predicted octanol–water partition coefficient (Wildman–Crippen LogP) is 0.727. The van der Waals surface area contributed by atoms with E-state index >= 15 is 0 Å². The number of hydrogen-bond donors (Lipinski definition) is 1. The van der Waals surface area contributed by atoms with Gasteiger partial charge in [0.15, 0.2) is 5.11 Å². The first-order valence-corrected chi connectivity index (χ1v) is 8.48. The molecular weight excluding hydrogens is 336 g/mol. The Labute approximate surface area is 151 Å². The van der Waals surface area contributed by atoms with Crippen LogP contribution in [0, 0.1) is 0 Å². The Balaban J connectivity index is 1.54. The van der Waals surface area contributed by atoms with E-state index in [4.69, 9.17) is 18.0 Å². The molecule has 0 bridgehead atoms. The zero-order chi connectivity index (χ0) is 17.6. The van der Waals surface area contributed by atoms with E-state index in [2.05, 4.69) is 10.3 Å². The summed E-state index contributed by atoms with van der Waals surface area (Å²) in [5.74, 6) is -0.0415. The minimum Gasteiger partial charge on any atom is -0.376 e. The number of carbonyl (C=O) groups is 1. The normalized spacial score (nSPS) is 14.9. The van der Waals surface area contributed by atoms with Gasteiger partial charge in [-0.25, -0.2) is 4.68 Å². The Morgan fingerprint density at radius 2 is 1.84 bits per heavy atom. The SMILES string of the molecule is NC(=S)N1CCN(C(=O)/C=C/c2cn(Cc3ccccc3)nn2)CC1. The lowest BCUT2D eigenvalue weighted by Crippen LogP contribution is -2.51. The Bertz CT molecular complexity index is 764. The standard InChI is InChI=1S/C17H20N6OS/c18-17(25)22-10-8-21(9-11-22)16(24)7-6-15-13-23(20-19-15)12-14-4-2-1-3-5-14/h1-7,13H,8-12H2,(H2,18,25)/b7-6+. The minimum absolute atomic E-state index is 0.0415. The van der Waals surface area contributed by atoms with Crippen molar-refractivity contribution in [2.24, 2.45) is 5.73 Å². The number of benzene rings is 1. The second-order valence-electron chi connectivity index (χ2n) is 5.81.